The van der Waals surface area contributed by atoms with Crippen molar-refractivity contribution in [2.75, 3.05) is 4.72 Å². The highest BCUT2D eigenvalue weighted by molar-refractivity contribution is 7.92. The van der Waals surface area contributed by atoms with E-state index in [2.05, 4.69) is 19.9 Å². The predicted octanol–water partition coefficient (Wildman–Crippen LogP) is 0.605. The molecular weight excluding hydrogens is 216 g/mol. The van der Waals surface area contributed by atoms with E-state index in [9.17, 15) is 8.42 Å². The molecule has 2 N–H and O–H groups in total. The first-order valence-corrected chi connectivity index (χ1v) is 5.58. The molecule has 2 rings (SSSR count). The van der Waals surface area contributed by atoms with Gasteiger partial charge in [0.25, 0.3) is 10.0 Å². The maximum absolute atomic E-state index is 11.7. The fourth-order valence-corrected chi connectivity index (χ4v) is 1.98. The standard InChI is InChI=1S/C8H8N4O2S/c13-15(14,8-5-10-11-6-8)12-7-1-3-9-4-2-7/h1-6H,(H,9,12)(H,10,11). The molecule has 7 heteroatoms. The topological polar surface area (TPSA) is 87.7 Å². The van der Waals surface area contributed by atoms with Crippen molar-refractivity contribution in [1.82, 2.24) is 15.2 Å². The minimum Gasteiger partial charge on any atom is -0.284 e. The molecule has 0 spiro atoms. The molecule has 0 radical (unpaired) electrons. The second-order valence-corrected chi connectivity index (χ2v) is 4.46. The van der Waals surface area contributed by atoms with Gasteiger partial charge in [-0.25, -0.2) is 8.42 Å². The number of hydrogen-bond acceptors (Lipinski definition) is 4. The summed E-state index contributed by atoms with van der Waals surface area (Å²) in [6.07, 6.45) is 5.56. The molecule has 0 saturated heterocycles. The monoisotopic (exact) mass is 224 g/mol. The van der Waals surface area contributed by atoms with E-state index in [0.29, 0.717) is 5.69 Å². The lowest BCUT2D eigenvalue weighted by Crippen LogP contribution is -2.11. The highest BCUT2D eigenvalue weighted by atomic mass is 32.2. The van der Waals surface area contributed by atoms with E-state index in [4.69, 9.17) is 0 Å². The van der Waals surface area contributed by atoms with E-state index in [1.54, 1.807) is 12.1 Å². The summed E-state index contributed by atoms with van der Waals surface area (Å²) in [5, 5.41) is 6.01. The van der Waals surface area contributed by atoms with E-state index in [-0.39, 0.29) is 4.90 Å². The van der Waals surface area contributed by atoms with Crippen molar-refractivity contribution in [2.24, 2.45) is 0 Å². The van der Waals surface area contributed by atoms with Crippen molar-refractivity contribution >= 4 is 15.7 Å². The lowest BCUT2D eigenvalue weighted by Gasteiger charge is -2.04. The highest BCUT2D eigenvalue weighted by Gasteiger charge is 2.14. The molecule has 0 fully saturated rings. The molecule has 0 aliphatic carbocycles. The minimum absolute atomic E-state index is 0.0966. The Morgan fingerprint density at radius 2 is 2.00 bits per heavy atom. The third kappa shape index (κ3) is 2.13. The van der Waals surface area contributed by atoms with Crippen LogP contribution in [0.25, 0.3) is 0 Å². The molecule has 0 aromatic carbocycles. The average molecular weight is 224 g/mol. The van der Waals surface area contributed by atoms with Gasteiger partial charge in [-0.3, -0.25) is 14.8 Å². The van der Waals surface area contributed by atoms with Crippen LogP contribution in [0.1, 0.15) is 0 Å². The Labute approximate surface area is 86.4 Å². The summed E-state index contributed by atoms with van der Waals surface area (Å²) in [6, 6.07) is 3.13. The molecule has 2 aromatic rings. The largest absolute Gasteiger partial charge is 0.284 e. The molecule has 0 atom stereocenters. The van der Waals surface area contributed by atoms with E-state index in [1.807, 2.05) is 0 Å². The zero-order valence-electron chi connectivity index (χ0n) is 7.58. The van der Waals surface area contributed by atoms with Crippen molar-refractivity contribution in [3.05, 3.63) is 36.9 Å². The van der Waals surface area contributed by atoms with Gasteiger partial charge < -0.3 is 0 Å². The molecule has 0 saturated carbocycles. The van der Waals surface area contributed by atoms with Gasteiger partial charge >= 0.3 is 0 Å². The van der Waals surface area contributed by atoms with Crippen LogP contribution in [0.5, 0.6) is 0 Å². The van der Waals surface area contributed by atoms with Crippen molar-refractivity contribution < 1.29 is 8.42 Å². The molecule has 0 bridgehead atoms. The number of rotatable bonds is 3. The Hall–Kier alpha value is -1.89. The van der Waals surface area contributed by atoms with Crippen LogP contribution in [0.4, 0.5) is 5.69 Å². The minimum atomic E-state index is -3.54. The molecule has 15 heavy (non-hydrogen) atoms. The first kappa shape index (κ1) is 9.66. The fourth-order valence-electron chi connectivity index (χ4n) is 1.02. The van der Waals surface area contributed by atoms with Gasteiger partial charge in [-0.1, -0.05) is 0 Å². The fraction of sp³-hybridized carbons (Fsp3) is 0. The van der Waals surface area contributed by atoms with Crippen LogP contribution < -0.4 is 4.72 Å². The summed E-state index contributed by atoms with van der Waals surface area (Å²) in [4.78, 5) is 3.88. The quantitative estimate of drug-likeness (QED) is 0.799. The van der Waals surface area contributed by atoms with Crippen LogP contribution in [-0.2, 0) is 10.0 Å². The van der Waals surface area contributed by atoms with Crippen molar-refractivity contribution in [2.45, 2.75) is 4.90 Å². The second-order valence-electron chi connectivity index (χ2n) is 2.78. The van der Waals surface area contributed by atoms with Gasteiger partial charge in [0.1, 0.15) is 4.90 Å². The molecular formula is C8H8N4O2S. The zero-order valence-corrected chi connectivity index (χ0v) is 8.40. The highest BCUT2D eigenvalue weighted by Crippen LogP contribution is 2.12. The first-order valence-electron chi connectivity index (χ1n) is 4.10. The van der Waals surface area contributed by atoms with Crippen LogP contribution >= 0.6 is 0 Å². The molecule has 78 valence electrons. The smallest absolute Gasteiger partial charge is 0.265 e. The molecule has 2 aromatic heterocycles. The Morgan fingerprint density at radius 3 is 2.60 bits per heavy atom. The van der Waals surface area contributed by atoms with Crippen LogP contribution in [0.3, 0.4) is 0 Å². The number of pyridine rings is 1. The van der Waals surface area contributed by atoms with Gasteiger partial charge in [0.2, 0.25) is 0 Å². The Morgan fingerprint density at radius 1 is 1.27 bits per heavy atom. The maximum atomic E-state index is 11.7. The van der Waals surface area contributed by atoms with Crippen molar-refractivity contribution in [1.29, 1.82) is 0 Å². The second kappa shape index (κ2) is 3.70. The number of nitrogens with zero attached hydrogens (tertiary/aromatic N) is 2. The summed E-state index contributed by atoms with van der Waals surface area (Å²) in [5.41, 5.74) is 0.464. The Bertz CT molecular complexity index is 521. The van der Waals surface area contributed by atoms with Crippen molar-refractivity contribution in [3.8, 4) is 0 Å². The molecule has 0 aliphatic rings. The molecule has 0 aliphatic heterocycles. The summed E-state index contributed by atoms with van der Waals surface area (Å²) in [5.74, 6) is 0. The Balaban J connectivity index is 2.27. The normalized spacial score (nSPS) is 11.2. The lowest BCUT2D eigenvalue weighted by molar-refractivity contribution is 0.601. The van der Waals surface area contributed by atoms with E-state index in [0.717, 1.165) is 0 Å². The first-order chi connectivity index (χ1) is 7.18. The molecule has 2 heterocycles. The molecule has 0 amide bonds. The SMILES string of the molecule is O=S(=O)(Nc1ccncc1)c1cn[nH]c1. The van der Waals surface area contributed by atoms with Crippen LogP contribution in [0.15, 0.2) is 41.8 Å². The van der Waals surface area contributed by atoms with Gasteiger partial charge in [-0.05, 0) is 12.1 Å². The van der Waals surface area contributed by atoms with Gasteiger partial charge in [0.05, 0.1) is 11.9 Å². The zero-order chi connectivity index (χ0) is 10.7. The molecule has 0 unspecified atom stereocenters. The third-order valence-electron chi connectivity index (χ3n) is 1.72. The number of nitrogens with one attached hydrogen (secondary N) is 2. The third-order valence-corrected chi connectivity index (χ3v) is 3.06. The predicted molar refractivity (Wildman–Crippen MR) is 53.6 cm³/mol. The van der Waals surface area contributed by atoms with Crippen LogP contribution in [0, 0.1) is 0 Å². The van der Waals surface area contributed by atoms with Crippen molar-refractivity contribution in [3.63, 3.8) is 0 Å². The average Bonchev–Trinajstić information content (AvgIpc) is 2.71. The number of anilines is 1. The number of aromatic amines is 1. The van der Waals surface area contributed by atoms with E-state index in [1.165, 1.54) is 24.8 Å². The van der Waals surface area contributed by atoms with Crippen LogP contribution in [0.2, 0.25) is 0 Å². The van der Waals surface area contributed by atoms with E-state index < -0.39 is 10.0 Å². The number of H-pyrrole nitrogens is 1. The van der Waals surface area contributed by atoms with Gasteiger partial charge in [-0.2, -0.15) is 5.10 Å². The van der Waals surface area contributed by atoms with Gasteiger partial charge in [-0.15, -0.1) is 0 Å². The summed E-state index contributed by atoms with van der Waals surface area (Å²) >= 11 is 0. The number of aromatic nitrogens is 3. The maximum Gasteiger partial charge on any atom is 0.265 e. The number of hydrogen-bond donors (Lipinski definition) is 2. The lowest BCUT2D eigenvalue weighted by atomic mass is 10.4. The summed E-state index contributed by atoms with van der Waals surface area (Å²) in [6.45, 7) is 0. The van der Waals surface area contributed by atoms with E-state index >= 15 is 0 Å². The van der Waals surface area contributed by atoms with Gasteiger partial charge in [0.15, 0.2) is 0 Å². The summed E-state index contributed by atoms with van der Waals surface area (Å²) < 4.78 is 25.7. The van der Waals surface area contributed by atoms with Gasteiger partial charge in [0, 0.05) is 18.6 Å². The van der Waals surface area contributed by atoms with Crippen LogP contribution in [-0.4, -0.2) is 23.6 Å². The number of sulfonamides is 1. The Kier molecular flexibility index (Phi) is 2.38. The summed E-state index contributed by atoms with van der Waals surface area (Å²) in [7, 11) is -3.54. The molecule has 6 nitrogen and oxygen atoms in total.